The summed E-state index contributed by atoms with van der Waals surface area (Å²) in [5, 5.41) is 30.9. The minimum Gasteiger partial charge on any atom is -0.394 e. The smallest absolute Gasteiger partial charge is 0.159 e. The lowest BCUT2D eigenvalue weighted by molar-refractivity contribution is -0.0861. The van der Waals surface area contributed by atoms with Crippen molar-refractivity contribution in [1.29, 1.82) is 0 Å². The van der Waals surface area contributed by atoms with Gasteiger partial charge < -0.3 is 25.0 Å². The van der Waals surface area contributed by atoms with Crippen LogP contribution in [-0.4, -0.2) is 62.4 Å². The summed E-state index contributed by atoms with van der Waals surface area (Å²) in [4.78, 5) is 6.72. The maximum Gasteiger partial charge on any atom is 0.159 e. The third-order valence-electron chi connectivity index (χ3n) is 5.45. The number of allylic oxidation sites excluding steroid dienone is 2. The molecule has 6 nitrogen and oxygen atoms in total. The SMILES string of the molecule is OCC1OC(N2C=C(c3nc4ccccc4s3)C3C=CC=CC32)C(O)C1O. The predicted octanol–water partition coefficient (Wildman–Crippen LogP) is 1.50. The molecule has 6 unspecified atom stereocenters. The first-order valence-electron chi connectivity index (χ1n) is 9.00. The summed E-state index contributed by atoms with van der Waals surface area (Å²) < 4.78 is 6.90. The Balaban J connectivity index is 1.54. The lowest BCUT2D eigenvalue weighted by Gasteiger charge is -2.33. The third-order valence-corrected chi connectivity index (χ3v) is 6.53. The molecule has 1 aromatic carbocycles. The standard InChI is InChI=1S/C20H20N2O4S/c23-10-15-17(24)18(25)20(26-15)22-9-12(11-5-1-3-7-14(11)22)19-21-13-6-2-4-8-16(13)27-19/h1-9,11,14-15,17-18,20,23-25H,10H2. The summed E-state index contributed by atoms with van der Waals surface area (Å²) in [5.74, 6) is 0.0941. The first kappa shape index (κ1) is 17.1. The molecule has 0 radical (unpaired) electrons. The molecule has 1 aliphatic carbocycles. The highest BCUT2D eigenvalue weighted by Crippen LogP contribution is 2.43. The molecule has 1 aromatic heterocycles. The summed E-state index contributed by atoms with van der Waals surface area (Å²) in [6.07, 6.45) is 6.47. The van der Waals surface area contributed by atoms with Crippen molar-refractivity contribution in [3.05, 3.63) is 59.8 Å². The highest BCUT2D eigenvalue weighted by atomic mass is 32.1. The summed E-state index contributed by atoms with van der Waals surface area (Å²) in [6.45, 7) is -0.332. The number of ether oxygens (including phenoxy) is 1. The van der Waals surface area contributed by atoms with Crippen molar-refractivity contribution in [3.8, 4) is 0 Å². The Labute approximate surface area is 160 Å². The van der Waals surface area contributed by atoms with Crippen LogP contribution in [0.5, 0.6) is 0 Å². The Morgan fingerprint density at radius 3 is 2.70 bits per heavy atom. The van der Waals surface area contributed by atoms with Crippen molar-refractivity contribution in [2.45, 2.75) is 30.6 Å². The van der Waals surface area contributed by atoms with E-state index in [0.29, 0.717) is 0 Å². The van der Waals surface area contributed by atoms with Gasteiger partial charge in [0.25, 0.3) is 0 Å². The second kappa shape index (κ2) is 6.54. The number of benzene rings is 1. The molecule has 6 atom stereocenters. The first-order chi connectivity index (χ1) is 13.2. The Hall–Kier alpha value is -2.03. The number of nitrogens with zero attached hydrogens (tertiary/aromatic N) is 2. The van der Waals surface area contributed by atoms with Gasteiger partial charge in [0, 0.05) is 17.7 Å². The summed E-state index contributed by atoms with van der Waals surface area (Å²) in [5.41, 5.74) is 2.04. The number of thiazole rings is 1. The van der Waals surface area contributed by atoms with Gasteiger partial charge in [-0.1, -0.05) is 36.4 Å². The Morgan fingerprint density at radius 2 is 1.93 bits per heavy atom. The molecule has 2 aromatic rings. The van der Waals surface area contributed by atoms with Crippen LogP contribution < -0.4 is 0 Å². The van der Waals surface area contributed by atoms with Crippen LogP contribution in [-0.2, 0) is 4.74 Å². The number of para-hydroxylation sites is 1. The molecular formula is C20H20N2O4S. The topological polar surface area (TPSA) is 86.1 Å². The number of fused-ring (bicyclic) bond motifs is 2. The molecule has 3 heterocycles. The first-order valence-corrected chi connectivity index (χ1v) is 9.81. The fourth-order valence-electron chi connectivity index (χ4n) is 4.06. The van der Waals surface area contributed by atoms with Crippen LogP contribution in [0.4, 0.5) is 0 Å². The van der Waals surface area contributed by atoms with Crippen molar-refractivity contribution >= 4 is 27.1 Å². The molecule has 3 N–H and O–H groups in total. The molecule has 1 fully saturated rings. The van der Waals surface area contributed by atoms with Gasteiger partial charge in [-0.05, 0) is 12.1 Å². The predicted molar refractivity (Wildman–Crippen MR) is 103 cm³/mol. The van der Waals surface area contributed by atoms with Crippen LogP contribution in [0.25, 0.3) is 15.8 Å². The van der Waals surface area contributed by atoms with E-state index in [1.807, 2.05) is 41.5 Å². The molecule has 0 bridgehead atoms. The molecule has 0 spiro atoms. The van der Waals surface area contributed by atoms with Crippen LogP contribution in [0, 0.1) is 5.92 Å². The summed E-state index contributed by atoms with van der Waals surface area (Å²) >= 11 is 1.64. The van der Waals surface area contributed by atoms with E-state index in [-0.39, 0.29) is 18.6 Å². The van der Waals surface area contributed by atoms with E-state index >= 15 is 0 Å². The zero-order valence-electron chi connectivity index (χ0n) is 14.4. The van der Waals surface area contributed by atoms with Gasteiger partial charge in [-0.3, -0.25) is 0 Å². The monoisotopic (exact) mass is 384 g/mol. The molecule has 1 saturated heterocycles. The van der Waals surface area contributed by atoms with E-state index in [9.17, 15) is 15.3 Å². The van der Waals surface area contributed by atoms with Crippen molar-refractivity contribution in [3.63, 3.8) is 0 Å². The molecular weight excluding hydrogens is 364 g/mol. The fraction of sp³-hybridized carbons (Fsp3) is 0.350. The van der Waals surface area contributed by atoms with Gasteiger partial charge in [0.05, 0.1) is 22.9 Å². The second-order valence-corrected chi connectivity index (χ2v) is 8.06. The highest BCUT2D eigenvalue weighted by Gasteiger charge is 2.49. The second-order valence-electron chi connectivity index (χ2n) is 7.03. The van der Waals surface area contributed by atoms with Crippen molar-refractivity contribution < 1.29 is 20.1 Å². The molecule has 7 heteroatoms. The number of aliphatic hydroxyl groups is 3. The maximum absolute atomic E-state index is 10.5. The summed E-state index contributed by atoms with van der Waals surface area (Å²) in [6, 6.07) is 8.02. The molecule has 27 heavy (non-hydrogen) atoms. The number of hydrogen-bond acceptors (Lipinski definition) is 7. The number of hydrogen-bond donors (Lipinski definition) is 3. The number of rotatable bonds is 3. The van der Waals surface area contributed by atoms with Gasteiger partial charge >= 0.3 is 0 Å². The van der Waals surface area contributed by atoms with Gasteiger partial charge in [-0.2, -0.15) is 0 Å². The molecule has 0 amide bonds. The largest absolute Gasteiger partial charge is 0.394 e. The van der Waals surface area contributed by atoms with Crippen LogP contribution in [0.3, 0.4) is 0 Å². The van der Waals surface area contributed by atoms with E-state index in [4.69, 9.17) is 9.72 Å². The van der Waals surface area contributed by atoms with E-state index in [1.54, 1.807) is 11.3 Å². The zero-order valence-corrected chi connectivity index (χ0v) is 15.2. The van der Waals surface area contributed by atoms with Crippen molar-refractivity contribution in [2.24, 2.45) is 5.92 Å². The molecule has 140 valence electrons. The van der Waals surface area contributed by atoms with Gasteiger partial charge in [-0.15, -0.1) is 11.3 Å². The van der Waals surface area contributed by atoms with Gasteiger partial charge in [-0.25, -0.2) is 4.98 Å². The van der Waals surface area contributed by atoms with E-state index in [2.05, 4.69) is 18.2 Å². The van der Waals surface area contributed by atoms with Gasteiger partial charge in [0.15, 0.2) is 6.23 Å². The quantitative estimate of drug-likeness (QED) is 0.744. The van der Waals surface area contributed by atoms with Crippen molar-refractivity contribution in [2.75, 3.05) is 6.61 Å². The maximum atomic E-state index is 10.5. The Kier molecular flexibility index (Phi) is 4.14. The minimum absolute atomic E-state index is 0.0266. The Morgan fingerprint density at radius 1 is 1.11 bits per heavy atom. The lowest BCUT2D eigenvalue weighted by atomic mass is 9.91. The van der Waals surface area contributed by atoms with Gasteiger partial charge in [0.1, 0.15) is 23.3 Å². The normalized spacial score (nSPS) is 35.1. The van der Waals surface area contributed by atoms with Crippen molar-refractivity contribution in [1.82, 2.24) is 9.88 Å². The molecule has 5 rings (SSSR count). The third kappa shape index (κ3) is 2.66. The zero-order chi connectivity index (χ0) is 18.5. The van der Waals surface area contributed by atoms with Gasteiger partial charge in [0.2, 0.25) is 0 Å². The number of aromatic nitrogens is 1. The summed E-state index contributed by atoms with van der Waals surface area (Å²) in [7, 11) is 0. The lowest BCUT2D eigenvalue weighted by Crippen LogP contribution is -2.45. The van der Waals surface area contributed by atoms with Crippen LogP contribution in [0.15, 0.2) is 54.8 Å². The minimum atomic E-state index is -1.11. The average Bonchev–Trinajstić information content (AvgIpc) is 3.36. The molecule has 0 saturated carbocycles. The highest BCUT2D eigenvalue weighted by molar-refractivity contribution is 7.19. The Bertz CT molecular complexity index is 919. The van der Waals surface area contributed by atoms with Crippen LogP contribution in [0.1, 0.15) is 5.01 Å². The molecule has 3 aliphatic rings. The van der Waals surface area contributed by atoms with E-state index in [0.717, 1.165) is 20.8 Å². The van der Waals surface area contributed by atoms with E-state index < -0.39 is 24.5 Å². The van der Waals surface area contributed by atoms with Crippen LogP contribution >= 0.6 is 11.3 Å². The van der Waals surface area contributed by atoms with E-state index in [1.165, 1.54) is 0 Å². The number of aliphatic hydroxyl groups excluding tert-OH is 3. The molecule has 2 aliphatic heterocycles. The fourth-order valence-corrected chi connectivity index (χ4v) is 5.09. The average molecular weight is 384 g/mol. The van der Waals surface area contributed by atoms with Crippen LogP contribution in [0.2, 0.25) is 0 Å².